The summed E-state index contributed by atoms with van der Waals surface area (Å²) in [7, 11) is 1.89. The second-order valence-corrected chi connectivity index (χ2v) is 4.73. The Morgan fingerprint density at radius 1 is 1.10 bits per heavy atom. The number of hydrogen-bond acceptors (Lipinski definition) is 3. The van der Waals surface area contributed by atoms with Gasteiger partial charge < -0.3 is 10.1 Å². The number of hydrogen-bond donors (Lipinski definition) is 1. The van der Waals surface area contributed by atoms with Gasteiger partial charge in [0, 0.05) is 24.1 Å². The molecule has 3 aromatic rings. The van der Waals surface area contributed by atoms with Crippen molar-refractivity contribution in [3.63, 3.8) is 0 Å². The van der Waals surface area contributed by atoms with Crippen LogP contribution in [0.5, 0.6) is 11.6 Å². The molecule has 0 aliphatic carbocycles. The van der Waals surface area contributed by atoms with Crippen LogP contribution in [0.1, 0.15) is 5.56 Å². The van der Waals surface area contributed by atoms with Gasteiger partial charge in [-0.1, -0.05) is 24.3 Å². The molecule has 0 aliphatic rings. The maximum absolute atomic E-state index is 13.2. The molecule has 106 valence electrons. The van der Waals surface area contributed by atoms with E-state index in [1.54, 1.807) is 12.1 Å². The van der Waals surface area contributed by atoms with Crippen LogP contribution in [-0.4, -0.2) is 12.0 Å². The topological polar surface area (TPSA) is 34.1 Å². The fourth-order valence-electron chi connectivity index (χ4n) is 2.26. The quantitative estimate of drug-likeness (QED) is 0.788. The van der Waals surface area contributed by atoms with Gasteiger partial charge in [-0.3, -0.25) is 0 Å². The predicted octanol–water partition coefficient (Wildman–Crippen LogP) is 3.89. The lowest BCUT2D eigenvalue weighted by molar-refractivity contribution is 0.459. The van der Waals surface area contributed by atoms with E-state index < -0.39 is 0 Å². The Balaban J connectivity index is 2.02. The summed E-state index contributed by atoms with van der Waals surface area (Å²) in [4.78, 5) is 4.47. The number of halogens is 1. The molecule has 0 bridgehead atoms. The van der Waals surface area contributed by atoms with Crippen LogP contribution >= 0.6 is 0 Å². The molecule has 2 aromatic carbocycles. The average molecular weight is 282 g/mol. The Labute approximate surface area is 122 Å². The van der Waals surface area contributed by atoms with Gasteiger partial charge in [-0.2, -0.15) is 0 Å². The molecule has 0 fully saturated rings. The van der Waals surface area contributed by atoms with E-state index in [4.69, 9.17) is 4.74 Å². The molecule has 0 aliphatic heterocycles. The molecule has 21 heavy (non-hydrogen) atoms. The fourth-order valence-corrected chi connectivity index (χ4v) is 2.26. The summed E-state index contributed by atoms with van der Waals surface area (Å²) >= 11 is 0. The summed E-state index contributed by atoms with van der Waals surface area (Å²) in [5.41, 5.74) is 1.95. The van der Waals surface area contributed by atoms with E-state index in [1.807, 2.05) is 37.4 Å². The number of ether oxygens (including phenoxy) is 1. The highest BCUT2D eigenvalue weighted by molar-refractivity contribution is 5.82. The van der Waals surface area contributed by atoms with Crippen LogP contribution in [0.15, 0.2) is 54.6 Å². The second-order valence-electron chi connectivity index (χ2n) is 4.73. The molecule has 0 amide bonds. The van der Waals surface area contributed by atoms with Gasteiger partial charge in [0.1, 0.15) is 11.6 Å². The van der Waals surface area contributed by atoms with Gasteiger partial charge in [-0.25, -0.2) is 9.37 Å². The van der Waals surface area contributed by atoms with Crippen LogP contribution in [0.3, 0.4) is 0 Å². The van der Waals surface area contributed by atoms with Crippen LogP contribution < -0.4 is 10.1 Å². The lowest BCUT2D eigenvalue weighted by atomic mass is 10.1. The highest BCUT2D eigenvalue weighted by Crippen LogP contribution is 2.26. The Kier molecular flexibility index (Phi) is 3.79. The molecule has 3 nitrogen and oxygen atoms in total. The van der Waals surface area contributed by atoms with E-state index in [1.165, 1.54) is 12.1 Å². The largest absolute Gasteiger partial charge is 0.439 e. The van der Waals surface area contributed by atoms with Gasteiger partial charge in [0.2, 0.25) is 5.88 Å². The Bertz CT molecular complexity index is 774. The molecule has 0 radical (unpaired) electrons. The van der Waals surface area contributed by atoms with E-state index in [2.05, 4.69) is 10.3 Å². The molecule has 3 rings (SSSR count). The minimum atomic E-state index is -0.330. The number of pyridine rings is 1. The number of nitrogens with one attached hydrogen (secondary N) is 1. The average Bonchev–Trinajstić information content (AvgIpc) is 2.47. The molecule has 0 saturated carbocycles. The number of fused-ring (bicyclic) bond motifs is 1. The number of benzene rings is 2. The molecule has 0 saturated heterocycles. The third kappa shape index (κ3) is 3.01. The SMILES string of the molecule is CNCc1cc(Oc2cccc(F)c2)nc2ccccc12. The van der Waals surface area contributed by atoms with Gasteiger partial charge in [-0.05, 0) is 30.8 Å². The first-order valence-electron chi connectivity index (χ1n) is 6.73. The van der Waals surface area contributed by atoms with Gasteiger partial charge in [0.15, 0.2) is 0 Å². The Hall–Kier alpha value is -2.46. The first-order valence-corrected chi connectivity index (χ1v) is 6.73. The van der Waals surface area contributed by atoms with Crippen molar-refractivity contribution in [3.05, 3.63) is 66.0 Å². The van der Waals surface area contributed by atoms with Crippen LogP contribution in [-0.2, 0) is 6.54 Å². The molecule has 0 unspecified atom stereocenters. The third-order valence-electron chi connectivity index (χ3n) is 3.16. The van der Waals surface area contributed by atoms with Crippen molar-refractivity contribution in [2.75, 3.05) is 7.05 Å². The zero-order chi connectivity index (χ0) is 14.7. The standard InChI is InChI=1S/C17H15FN2O/c1-19-11-12-9-17(20-16-8-3-2-7-15(12)16)21-14-6-4-5-13(18)10-14/h2-10,19H,11H2,1H3. The minimum Gasteiger partial charge on any atom is -0.439 e. The lowest BCUT2D eigenvalue weighted by Gasteiger charge is -2.10. The van der Waals surface area contributed by atoms with Crippen molar-refractivity contribution < 1.29 is 9.13 Å². The number of nitrogens with zero attached hydrogens (tertiary/aromatic N) is 1. The molecular formula is C17H15FN2O. The number of para-hydroxylation sites is 1. The van der Waals surface area contributed by atoms with E-state index in [9.17, 15) is 4.39 Å². The summed E-state index contributed by atoms with van der Waals surface area (Å²) < 4.78 is 18.9. The summed E-state index contributed by atoms with van der Waals surface area (Å²) in [5, 5.41) is 4.21. The third-order valence-corrected chi connectivity index (χ3v) is 3.16. The summed E-state index contributed by atoms with van der Waals surface area (Å²) in [6, 6.07) is 15.8. The first-order chi connectivity index (χ1) is 10.3. The zero-order valence-electron chi connectivity index (χ0n) is 11.6. The van der Waals surface area contributed by atoms with Gasteiger partial charge in [0.25, 0.3) is 0 Å². The van der Waals surface area contributed by atoms with E-state index in [0.717, 1.165) is 16.5 Å². The number of rotatable bonds is 4. The Morgan fingerprint density at radius 3 is 2.76 bits per heavy atom. The van der Waals surface area contributed by atoms with Crippen molar-refractivity contribution in [1.82, 2.24) is 10.3 Å². The van der Waals surface area contributed by atoms with Crippen LogP contribution in [0.25, 0.3) is 10.9 Å². The monoisotopic (exact) mass is 282 g/mol. The molecule has 1 aromatic heterocycles. The minimum absolute atomic E-state index is 0.330. The van der Waals surface area contributed by atoms with Gasteiger partial charge >= 0.3 is 0 Å². The molecule has 1 heterocycles. The van der Waals surface area contributed by atoms with Crippen molar-refractivity contribution in [2.45, 2.75) is 6.54 Å². The fraction of sp³-hybridized carbons (Fsp3) is 0.118. The van der Waals surface area contributed by atoms with Crippen molar-refractivity contribution >= 4 is 10.9 Å². The van der Waals surface area contributed by atoms with Crippen molar-refractivity contribution in [3.8, 4) is 11.6 Å². The first kappa shape index (κ1) is 13.5. The maximum Gasteiger partial charge on any atom is 0.220 e. The molecular weight excluding hydrogens is 267 g/mol. The van der Waals surface area contributed by atoms with Crippen molar-refractivity contribution in [2.24, 2.45) is 0 Å². The molecule has 0 spiro atoms. The smallest absolute Gasteiger partial charge is 0.220 e. The van der Waals surface area contributed by atoms with Crippen LogP contribution in [0.2, 0.25) is 0 Å². The van der Waals surface area contributed by atoms with Crippen LogP contribution in [0, 0.1) is 5.82 Å². The normalized spacial score (nSPS) is 10.8. The lowest BCUT2D eigenvalue weighted by Crippen LogP contribution is -2.06. The zero-order valence-corrected chi connectivity index (χ0v) is 11.6. The summed E-state index contributed by atoms with van der Waals surface area (Å²) in [5.74, 6) is 0.571. The highest BCUT2D eigenvalue weighted by atomic mass is 19.1. The van der Waals surface area contributed by atoms with E-state index in [-0.39, 0.29) is 5.82 Å². The molecule has 0 atom stereocenters. The second kappa shape index (κ2) is 5.89. The highest BCUT2D eigenvalue weighted by Gasteiger charge is 2.07. The Morgan fingerprint density at radius 2 is 1.95 bits per heavy atom. The molecule has 1 N–H and O–H groups in total. The number of aromatic nitrogens is 1. The summed E-state index contributed by atoms with van der Waals surface area (Å²) in [6.07, 6.45) is 0. The van der Waals surface area contributed by atoms with Crippen LogP contribution in [0.4, 0.5) is 4.39 Å². The predicted molar refractivity (Wildman–Crippen MR) is 81.0 cm³/mol. The maximum atomic E-state index is 13.2. The van der Waals surface area contributed by atoms with E-state index in [0.29, 0.717) is 18.2 Å². The summed E-state index contributed by atoms with van der Waals surface area (Å²) in [6.45, 7) is 0.711. The van der Waals surface area contributed by atoms with Gasteiger partial charge in [0.05, 0.1) is 5.52 Å². The van der Waals surface area contributed by atoms with E-state index >= 15 is 0 Å². The molecule has 4 heteroatoms. The van der Waals surface area contributed by atoms with Gasteiger partial charge in [-0.15, -0.1) is 0 Å². The van der Waals surface area contributed by atoms with Crippen molar-refractivity contribution in [1.29, 1.82) is 0 Å².